The zero-order valence-corrected chi connectivity index (χ0v) is 23.8. The van der Waals surface area contributed by atoms with Crippen LogP contribution in [0.3, 0.4) is 0 Å². The molecule has 0 aliphatic carbocycles. The number of methoxy groups -OCH3 is 2. The maximum absolute atomic E-state index is 13.7. The van der Waals surface area contributed by atoms with E-state index in [4.69, 9.17) is 19.2 Å². The van der Waals surface area contributed by atoms with Gasteiger partial charge in [-0.2, -0.15) is 0 Å². The van der Waals surface area contributed by atoms with Crippen molar-refractivity contribution in [2.24, 2.45) is 4.99 Å². The van der Waals surface area contributed by atoms with Gasteiger partial charge in [-0.05, 0) is 47.7 Å². The van der Waals surface area contributed by atoms with Crippen molar-refractivity contribution in [3.63, 3.8) is 0 Å². The van der Waals surface area contributed by atoms with Crippen LogP contribution in [0.25, 0.3) is 5.70 Å². The molecule has 0 bridgehead atoms. The molecule has 1 N–H and O–H groups in total. The molecule has 3 heterocycles. The summed E-state index contributed by atoms with van der Waals surface area (Å²) in [7, 11) is 3.14. The van der Waals surface area contributed by atoms with Gasteiger partial charge in [-0.15, -0.1) is 0 Å². The van der Waals surface area contributed by atoms with Crippen molar-refractivity contribution >= 4 is 34.5 Å². The first-order valence-electron chi connectivity index (χ1n) is 13.1. The molecule has 0 unspecified atom stereocenters. The third-order valence-corrected chi connectivity index (χ3v) is 7.55. The van der Waals surface area contributed by atoms with E-state index < -0.39 is 12.0 Å². The lowest BCUT2D eigenvalue weighted by molar-refractivity contribution is -0.139. The van der Waals surface area contributed by atoms with Crippen LogP contribution >= 0.6 is 11.8 Å². The number of hydrogen-bond acceptors (Lipinski definition) is 9. The molecule has 41 heavy (non-hydrogen) atoms. The Labute approximate surface area is 242 Å². The van der Waals surface area contributed by atoms with Crippen LogP contribution in [0.2, 0.25) is 0 Å². The molecule has 0 radical (unpaired) electrons. The average molecular weight is 571 g/mol. The van der Waals surface area contributed by atoms with Crippen molar-refractivity contribution in [1.29, 1.82) is 0 Å². The quantitative estimate of drug-likeness (QED) is 0.337. The molecule has 0 fully saturated rings. The Morgan fingerprint density at radius 3 is 2.46 bits per heavy atom. The molecule has 5 rings (SSSR count). The number of rotatable bonds is 10. The lowest BCUT2D eigenvalue weighted by atomic mass is 9.91. The van der Waals surface area contributed by atoms with Gasteiger partial charge in [0.15, 0.2) is 16.7 Å². The minimum absolute atomic E-state index is 0.0949. The fourth-order valence-electron chi connectivity index (χ4n) is 4.76. The molecule has 0 spiro atoms. The zero-order valence-electron chi connectivity index (χ0n) is 23.0. The second kappa shape index (κ2) is 12.7. The van der Waals surface area contributed by atoms with Gasteiger partial charge in [0.05, 0.1) is 44.6 Å². The van der Waals surface area contributed by atoms with Crippen molar-refractivity contribution in [3.05, 3.63) is 106 Å². The molecule has 0 saturated heterocycles. The first-order valence-corrected chi connectivity index (χ1v) is 14.0. The monoisotopic (exact) mass is 570 g/mol. The normalized spacial score (nSPS) is 16.0. The van der Waals surface area contributed by atoms with E-state index in [0.29, 0.717) is 34.5 Å². The lowest BCUT2D eigenvalue weighted by Gasteiger charge is -2.37. The summed E-state index contributed by atoms with van der Waals surface area (Å²) in [6, 6.07) is 18.2. The summed E-state index contributed by atoms with van der Waals surface area (Å²) in [4.78, 5) is 37.7. The number of fused-ring (bicyclic) bond motifs is 1. The molecule has 2 aliphatic heterocycles. The van der Waals surface area contributed by atoms with E-state index in [2.05, 4.69) is 10.3 Å². The predicted octanol–water partition coefficient (Wildman–Crippen LogP) is 5.08. The fourth-order valence-corrected chi connectivity index (χ4v) is 5.67. The Kier molecular flexibility index (Phi) is 8.69. The Hall–Kier alpha value is -4.57. The molecule has 210 valence electrons. The number of esters is 1. The number of pyridine rings is 1. The largest absolute Gasteiger partial charge is 0.493 e. The molecule has 1 amide bonds. The van der Waals surface area contributed by atoms with Gasteiger partial charge in [0.1, 0.15) is 0 Å². The highest BCUT2D eigenvalue weighted by Gasteiger charge is 2.42. The Balaban J connectivity index is 1.57. The van der Waals surface area contributed by atoms with Crippen LogP contribution in [0.1, 0.15) is 36.1 Å². The van der Waals surface area contributed by atoms with Gasteiger partial charge in [0.2, 0.25) is 5.91 Å². The SMILES string of the molecule is CCOC(=O)C1=C(c2ccccc2)N=C2SC=C(CC(=O)NCc3ccncc3)N2[C@H]1c1ccc(OC)c(OC)c1. The smallest absolute Gasteiger partial charge is 0.338 e. The van der Waals surface area contributed by atoms with Gasteiger partial charge < -0.3 is 24.4 Å². The minimum atomic E-state index is -0.634. The first kappa shape index (κ1) is 28.0. The van der Waals surface area contributed by atoms with Crippen LogP contribution in [0.5, 0.6) is 11.5 Å². The second-order valence-corrected chi connectivity index (χ2v) is 10.0. The van der Waals surface area contributed by atoms with Crippen LogP contribution in [0, 0.1) is 0 Å². The highest BCUT2D eigenvalue weighted by Crippen LogP contribution is 2.48. The van der Waals surface area contributed by atoms with Gasteiger partial charge in [-0.3, -0.25) is 9.78 Å². The maximum atomic E-state index is 13.7. The van der Waals surface area contributed by atoms with Crippen molar-refractivity contribution < 1.29 is 23.8 Å². The molecule has 1 aromatic heterocycles. The molecule has 3 aromatic rings. The van der Waals surface area contributed by atoms with Gasteiger partial charge in [-0.1, -0.05) is 48.2 Å². The van der Waals surface area contributed by atoms with Gasteiger partial charge in [-0.25, -0.2) is 9.79 Å². The first-order chi connectivity index (χ1) is 20.0. The van der Waals surface area contributed by atoms with Crippen LogP contribution < -0.4 is 14.8 Å². The summed E-state index contributed by atoms with van der Waals surface area (Å²) >= 11 is 1.42. The summed E-state index contributed by atoms with van der Waals surface area (Å²) in [5.41, 5.74) is 4.12. The molecule has 9 nitrogen and oxygen atoms in total. The molecule has 10 heteroatoms. The van der Waals surface area contributed by atoms with Crippen LogP contribution in [0.4, 0.5) is 0 Å². The molecule has 0 saturated carbocycles. The summed E-state index contributed by atoms with van der Waals surface area (Å²) in [6.07, 6.45) is 3.47. The number of thioether (sulfide) groups is 1. The van der Waals surface area contributed by atoms with Crippen molar-refractivity contribution in [2.45, 2.75) is 25.9 Å². The Morgan fingerprint density at radius 1 is 1.00 bits per heavy atom. The van der Waals surface area contributed by atoms with E-state index in [0.717, 1.165) is 22.4 Å². The van der Waals surface area contributed by atoms with Gasteiger partial charge in [0.25, 0.3) is 0 Å². The van der Waals surface area contributed by atoms with Crippen LogP contribution in [-0.2, 0) is 20.9 Å². The van der Waals surface area contributed by atoms with E-state index in [1.165, 1.54) is 11.8 Å². The molecular weight excluding hydrogens is 540 g/mol. The van der Waals surface area contributed by atoms with Gasteiger partial charge >= 0.3 is 5.97 Å². The number of nitrogens with zero attached hydrogens (tertiary/aromatic N) is 3. The van der Waals surface area contributed by atoms with E-state index in [9.17, 15) is 9.59 Å². The topological polar surface area (TPSA) is 102 Å². The number of carbonyl (C=O) groups excluding carboxylic acids is 2. The molecule has 2 aromatic carbocycles. The number of carbonyl (C=O) groups is 2. The number of aliphatic imine (C=N–C) groups is 1. The van der Waals surface area contributed by atoms with Crippen molar-refractivity contribution in [3.8, 4) is 11.5 Å². The Bertz CT molecular complexity index is 1520. The number of nitrogens with one attached hydrogen (secondary N) is 1. The third kappa shape index (κ3) is 5.97. The zero-order chi connectivity index (χ0) is 28.8. The molecular formula is C31H30N4O5S. The number of ether oxygens (including phenoxy) is 3. The van der Waals surface area contributed by atoms with E-state index in [1.54, 1.807) is 39.6 Å². The van der Waals surface area contributed by atoms with Crippen molar-refractivity contribution in [2.75, 3.05) is 20.8 Å². The van der Waals surface area contributed by atoms with Gasteiger partial charge in [0, 0.05) is 30.2 Å². The number of amides is 1. The van der Waals surface area contributed by atoms with Crippen LogP contribution in [-0.4, -0.2) is 47.8 Å². The second-order valence-electron chi connectivity index (χ2n) is 9.17. The molecule has 2 aliphatic rings. The Morgan fingerprint density at radius 2 is 1.76 bits per heavy atom. The third-order valence-electron chi connectivity index (χ3n) is 6.66. The minimum Gasteiger partial charge on any atom is -0.493 e. The summed E-state index contributed by atoms with van der Waals surface area (Å²) in [5, 5.41) is 5.55. The highest BCUT2D eigenvalue weighted by atomic mass is 32.2. The van der Waals surface area contributed by atoms with E-state index >= 15 is 0 Å². The number of amidine groups is 1. The average Bonchev–Trinajstić information content (AvgIpc) is 3.41. The van der Waals surface area contributed by atoms with Crippen LogP contribution in [0.15, 0.2) is 94.7 Å². The maximum Gasteiger partial charge on any atom is 0.338 e. The van der Waals surface area contributed by atoms with E-state index in [1.807, 2.05) is 64.9 Å². The predicted molar refractivity (Wildman–Crippen MR) is 158 cm³/mol. The number of aromatic nitrogens is 1. The van der Waals surface area contributed by atoms with Crippen molar-refractivity contribution in [1.82, 2.24) is 15.2 Å². The molecule has 1 atom stereocenters. The highest BCUT2D eigenvalue weighted by molar-refractivity contribution is 8.16. The number of benzene rings is 2. The summed E-state index contributed by atoms with van der Waals surface area (Å²) in [6.45, 7) is 2.36. The summed E-state index contributed by atoms with van der Waals surface area (Å²) < 4.78 is 16.7. The van der Waals surface area contributed by atoms with E-state index in [-0.39, 0.29) is 18.9 Å². The number of hydrogen-bond donors (Lipinski definition) is 1. The fraction of sp³-hybridized carbons (Fsp3) is 0.226. The lowest BCUT2D eigenvalue weighted by Crippen LogP contribution is -2.38. The summed E-state index contributed by atoms with van der Waals surface area (Å²) in [5.74, 6) is 0.447. The standard InChI is InChI=1S/C31H30N4O5S/c1-4-40-30(37)27-28(21-8-6-5-7-9-21)34-31-35(29(27)22-10-11-24(38-2)25(16-22)39-3)23(19-41-31)17-26(36)33-18-20-12-14-32-15-13-20/h5-16,19,29H,4,17-18H2,1-3H3,(H,33,36)/t29-/m0/s1.